The van der Waals surface area contributed by atoms with Gasteiger partial charge in [-0.3, -0.25) is 0 Å². The molecule has 0 rings (SSSR count). The van der Waals surface area contributed by atoms with Crippen molar-refractivity contribution in [1.82, 2.24) is 18.5 Å². The molecule has 0 aromatic heterocycles. The second kappa shape index (κ2) is 4.71. The van der Waals surface area contributed by atoms with Crippen LogP contribution in [0.15, 0.2) is 0 Å². The Hall–Kier alpha value is -2.67. The third kappa shape index (κ3) is 1.62. The second-order valence-corrected chi connectivity index (χ2v) is 7.00. The van der Waals surface area contributed by atoms with Gasteiger partial charge in [-0.1, -0.05) is 0 Å². The Morgan fingerprint density at radius 3 is 0.562 bits per heavy atom. The zero-order valence-electron chi connectivity index (χ0n) is 9.02. The number of rotatable bonds is 0. The molecule has 0 bridgehead atoms. The van der Waals surface area contributed by atoms with Crippen LogP contribution in [0.4, 0.5) is 0 Å². The fourth-order valence-electron chi connectivity index (χ4n) is 0.250. The van der Waals surface area contributed by atoms with E-state index in [-0.39, 0.29) is 18.5 Å². The van der Waals surface area contributed by atoms with Crippen LogP contribution in [-0.4, -0.2) is 0 Å². The molecule has 0 aliphatic rings. The third-order valence-electron chi connectivity index (χ3n) is 1.12. The SMILES string of the molecule is N#[C][Co-3]([C]#N)([C]#N)([C]#N)([C]#N)[C]#N.[NH4+].[NH4+].[NH4+]. The molecule has 0 unspecified atom stereocenters. The molecule has 0 saturated carbocycles. The van der Waals surface area contributed by atoms with Gasteiger partial charge in [0.25, 0.3) is 0 Å². The zero-order valence-corrected chi connectivity index (χ0v) is 10.1. The fourth-order valence-corrected chi connectivity index (χ4v) is 1.03. The molecule has 9 nitrogen and oxygen atoms in total. The fraction of sp³-hybridized carbons (Fsp3) is 0. The molecule has 0 aromatic carbocycles. The molecule has 16 heavy (non-hydrogen) atoms. The standard InChI is InChI=1S/6CN.Co.3H3N/c6*1-2;;;;/h;;;;;;;3*1H3/q;;;;;;-3;;;/p+3. The predicted molar refractivity (Wildman–Crippen MR) is 51.6 cm³/mol. The van der Waals surface area contributed by atoms with E-state index in [2.05, 4.69) is 0 Å². The van der Waals surface area contributed by atoms with Crippen LogP contribution in [0.1, 0.15) is 0 Å². The van der Waals surface area contributed by atoms with Crippen LogP contribution in [0.5, 0.6) is 0 Å². The van der Waals surface area contributed by atoms with Crippen molar-refractivity contribution >= 4 is 0 Å². The topological polar surface area (TPSA) is 252 Å². The Kier molecular flexibility index (Phi) is 6.85. The van der Waals surface area contributed by atoms with Gasteiger partial charge in [0.1, 0.15) is 0 Å². The predicted octanol–water partition coefficient (Wildman–Crippen LogP) is 1.23. The molecular weight excluding hydrogens is 257 g/mol. The maximum Gasteiger partial charge on any atom is -0.369 e. The molecular formula is C6H12CoN9. The molecule has 12 N–H and O–H groups in total. The van der Waals surface area contributed by atoms with Crippen LogP contribution < -0.4 is 18.5 Å². The second-order valence-electron chi connectivity index (χ2n) is 1.70. The van der Waals surface area contributed by atoms with Crippen molar-refractivity contribution in [3.05, 3.63) is 0 Å². The number of nitrogens with zero attached hydrogens (tertiary/aromatic N) is 6. The molecule has 0 saturated heterocycles. The van der Waals surface area contributed by atoms with Gasteiger partial charge in [0.05, 0.1) is 0 Å². The minimum Gasteiger partial charge on any atom is -0.369 e. The summed E-state index contributed by atoms with van der Waals surface area (Å²) in [5.74, 6) is 0. The molecule has 0 heterocycles. The molecule has 10 heteroatoms. The first kappa shape index (κ1) is 23.3. The summed E-state index contributed by atoms with van der Waals surface area (Å²) >= 11 is 0. The summed E-state index contributed by atoms with van der Waals surface area (Å²) in [6, 6.07) is 0. The summed E-state index contributed by atoms with van der Waals surface area (Å²) in [6.07, 6.45) is 0. The van der Waals surface area contributed by atoms with E-state index in [4.69, 9.17) is 31.6 Å². The van der Waals surface area contributed by atoms with Crippen molar-refractivity contribution in [3.63, 3.8) is 0 Å². The Morgan fingerprint density at radius 1 is 0.438 bits per heavy atom. The first-order valence-corrected chi connectivity index (χ1v) is 5.46. The molecule has 0 radical (unpaired) electrons. The van der Waals surface area contributed by atoms with Gasteiger partial charge in [0.2, 0.25) is 0 Å². The van der Waals surface area contributed by atoms with Crippen LogP contribution in [0.2, 0.25) is 0 Å². The van der Waals surface area contributed by atoms with Crippen molar-refractivity contribution < 1.29 is 10.5 Å². The molecule has 0 atom stereocenters. The van der Waals surface area contributed by atoms with E-state index in [1.165, 1.54) is 0 Å². The average Bonchev–Trinajstić information content (AvgIpc) is 2.26. The molecule has 0 amide bonds. The molecule has 0 aliphatic carbocycles. The van der Waals surface area contributed by atoms with Gasteiger partial charge < -0.3 is 18.5 Å². The first-order valence-electron chi connectivity index (χ1n) is 2.34. The average molecular weight is 269 g/mol. The molecule has 0 fully saturated rings. The first-order chi connectivity index (χ1) is 5.97. The van der Waals surface area contributed by atoms with E-state index in [1.54, 1.807) is 0 Å². The van der Waals surface area contributed by atoms with Gasteiger partial charge in [-0.05, 0) is 0 Å². The Balaban J connectivity index is -0.000000240. The van der Waals surface area contributed by atoms with Crippen LogP contribution in [-0.2, 0) is 10.5 Å². The van der Waals surface area contributed by atoms with Gasteiger partial charge in [-0.15, -0.1) is 0 Å². The third-order valence-corrected chi connectivity index (χ3v) is 4.61. The van der Waals surface area contributed by atoms with Crippen molar-refractivity contribution in [1.29, 1.82) is 31.6 Å². The number of hydrogen-bond acceptors (Lipinski definition) is 6. The smallest absolute Gasteiger partial charge is 0.369 e. The monoisotopic (exact) mass is 269 g/mol. The van der Waals surface area contributed by atoms with Crippen LogP contribution in [0, 0.1) is 61.6 Å². The summed E-state index contributed by atoms with van der Waals surface area (Å²) in [5.41, 5.74) is 0. The van der Waals surface area contributed by atoms with E-state index in [1.807, 2.05) is 0 Å². The largest absolute Gasteiger partial charge is 0.369 e. The molecule has 0 spiro atoms. The number of nitriles is 6. The number of quaternary nitrogens is 3. The van der Waals surface area contributed by atoms with E-state index >= 15 is 0 Å². The summed E-state index contributed by atoms with van der Waals surface area (Å²) in [5, 5.41) is 57.6. The van der Waals surface area contributed by atoms with E-state index in [9.17, 15) is 0 Å². The van der Waals surface area contributed by atoms with E-state index < -0.39 is 10.5 Å². The maximum atomic E-state index is 8.58. The van der Waals surface area contributed by atoms with Crippen molar-refractivity contribution in [2.45, 2.75) is 0 Å². The van der Waals surface area contributed by atoms with E-state index in [0.717, 1.165) is 30.0 Å². The van der Waals surface area contributed by atoms with Gasteiger partial charge in [0, 0.05) is 0 Å². The maximum absolute atomic E-state index is 8.58. The van der Waals surface area contributed by atoms with Gasteiger partial charge in [0.15, 0.2) is 0 Å². The Bertz CT molecular complexity index is 390. The molecule has 0 aliphatic heterocycles. The molecule has 90 valence electrons. The van der Waals surface area contributed by atoms with Crippen molar-refractivity contribution in [3.8, 4) is 30.0 Å². The molecule has 0 aromatic rings. The zero-order chi connectivity index (χ0) is 10.7. The quantitative estimate of drug-likeness (QED) is 0.581. The van der Waals surface area contributed by atoms with Crippen LogP contribution >= 0.6 is 0 Å². The van der Waals surface area contributed by atoms with Crippen molar-refractivity contribution in [2.24, 2.45) is 0 Å². The minimum atomic E-state index is -6.03. The normalized spacial score (nSPS) is 10.9. The van der Waals surface area contributed by atoms with Crippen molar-refractivity contribution in [2.75, 3.05) is 0 Å². The Morgan fingerprint density at radius 2 is 0.562 bits per heavy atom. The van der Waals surface area contributed by atoms with Gasteiger partial charge in [-0.2, -0.15) is 0 Å². The summed E-state index contributed by atoms with van der Waals surface area (Å²) in [6.45, 7) is 0. The van der Waals surface area contributed by atoms with E-state index in [0.29, 0.717) is 0 Å². The summed E-state index contributed by atoms with van der Waals surface area (Å²) in [4.78, 5) is 0. The van der Waals surface area contributed by atoms with Gasteiger partial charge in [-0.25, -0.2) is 0 Å². The minimum absolute atomic E-state index is 0. The number of hydrogen-bond donors (Lipinski definition) is 3. The van der Waals surface area contributed by atoms with Gasteiger partial charge >= 0.3 is 72.1 Å². The van der Waals surface area contributed by atoms with Crippen LogP contribution in [0.25, 0.3) is 0 Å². The summed E-state index contributed by atoms with van der Waals surface area (Å²) < 4.78 is 0. The van der Waals surface area contributed by atoms with Crippen LogP contribution in [0.3, 0.4) is 0 Å². The Labute approximate surface area is 91.0 Å². The summed E-state index contributed by atoms with van der Waals surface area (Å²) in [7, 11) is -6.03.